The number of nitrogens with zero attached hydrogens (tertiary/aromatic N) is 3. The number of anilines is 2. The van der Waals surface area contributed by atoms with Crippen molar-refractivity contribution in [3.05, 3.63) is 52.2 Å². The van der Waals surface area contributed by atoms with Crippen LogP contribution in [-0.2, 0) is 9.84 Å². The van der Waals surface area contributed by atoms with Crippen molar-refractivity contribution in [2.75, 3.05) is 29.1 Å². The van der Waals surface area contributed by atoms with Gasteiger partial charge in [0.25, 0.3) is 5.69 Å². The molecule has 0 spiro atoms. The van der Waals surface area contributed by atoms with E-state index in [0.717, 1.165) is 31.6 Å². The van der Waals surface area contributed by atoms with Gasteiger partial charge in [0.2, 0.25) is 0 Å². The molecule has 0 saturated carbocycles. The van der Waals surface area contributed by atoms with Gasteiger partial charge in [0, 0.05) is 30.4 Å². The third kappa shape index (κ3) is 4.41. The Kier molecular flexibility index (Phi) is 5.83. The minimum absolute atomic E-state index is 0.0221. The van der Waals surface area contributed by atoms with E-state index in [1.54, 1.807) is 32.0 Å². The molecule has 0 radical (unpaired) electrons. The topological polar surface area (TPSA) is 105 Å². The van der Waals surface area contributed by atoms with Crippen molar-refractivity contribution in [2.45, 2.75) is 37.6 Å². The fraction of sp³-hybridized carbons (Fsp3) is 0.421. The lowest BCUT2D eigenvalue weighted by Gasteiger charge is -2.34. The Morgan fingerprint density at radius 1 is 1.25 bits per heavy atom. The first-order valence-corrected chi connectivity index (χ1v) is 10.9. The summed E-state index contributed by atoms with van der Waals surface area (Å²) in [4.78, 5) is 17.2. The van der Waals surface area contributed by atoms with Crippen LogP contribution in [0.5, 0.6) is 0 Å². The molecular formula is C19H24N4O4S. The summed E-state index contributed by atoms with van der Waals surface area (Å²) in [5.41, 5.74) is 1.62. The van der Waals surface area contributed by atoms with Crippen LogP contribution in [0.15, 0.2) is 41.4 Å². The maximum absolute atomic E-state index is 11.9. The van der Waals surface area contributed by atoms with E-state index in [0.29, 0.717) is 16.3 Å². The van der Waals surface area contributed by atoms with Crippen molar-refractivity contribution in [2.24, 2.45) is 0 Å². The third-order valence-electron chi connectivity index (χ3n) is 5.07. The van der Waals surface area contributed by atoms with Crippen LogP contribution in [0.2, 0.25) is 0 Å². The normalized spacial score (nSPS) is 15.4. The zero-order chi connectivity index (χ0) is 20.3. The van der Waals surface area contributed by atoms with E-state index in [2.05, 4.69) is 15.2 Å². The standard InChI is InChI=1S/C19H24N4O4S/c1-3-28(26,27)17-6-4-16(5-7-17)22-10-8-15(9-11-22)21-19-12-14(2)18(13-20-19)23(24)25/h4-7,12-13,15H,3,8-11H2,1-2H3,(H,20,21). The number of nitro groups is 1. The molecule has 1 N–H and O–H groups in total. The monoisotopic (exact) mass is 404 g/mol. The van der Waals surface area contributed by atoms with Crippen LogP contribution in [0.25, 0.3) is 0 Å². The highest BCUT2D eigenvalue weighted by atomic mass is 32.2. The zero-order valence-electron chi connectivity index (χ0n) is 16.0. The molecule has 0 amide bonds. The van der Waals surface area contributed by atoms with Crippen LogP contribution >= 0.6 is 0 Å². The summed E-state index contributed by atoms with van der Waals surface area (Å²) in [6, 6.07) is 9.00. The quantitative estimate of drug-likeness (QED) is 0.582. The molecule has 1 aliphatic heterocycles. The summed E-state index contributed by atoms with van der Waals surface area (Å²) in [5, 5.41) is 14.2. The number of nitrogens with one attached hydrogen (secondary N) is 1. The van der Waals surface area contributed by atoms with Gasteiger partial charge in [-0.1, -0.05) is 6.92 Å². The highest BCUT2D eigenvalue weighted by Crippen LogP contribution is 2.25. The van der Waals surface area contributed by atoms with E-state index in [9.17, 15) is 18.5 Å². The van der Waals surface area contributed by atoms with Crippen molar-refractivity contribution >= 4 is 27.0 Å². The second-order valence-electron chi connectivity index (χ2n) is 6.92. The van der Waals surface area contributed by atoms with Gasteiger partial charge in [0.15, 0.2) is 9.84 Å². The van der Waals surface area contributed by atoms with Gasteiger partial charge in [-0.05, 0) is 50.1 Å². The van der Waals surface area contributed by atoms with Crippen LogP contribution in [-0.4, -0.2) is 43.2 Å². The molecule has 3 rings (SSSR count). The van der Waals surface area contributed by atoms with E-state index in [1.165, 1.54) is 6.20 Å². The van der Waals surface area contributed by atoms with Crippen molar-refractivity contribution < 1.29 is 13.3 Å². The number of piperidine rings is 1. The molecule has 1 aromatic heterocycles. The number of benzene rings is 1. The first kappa shape index (κ1) is 20.1. The van der Waals surface area contributed by atoms with Crippen molar-refractivity contribution in [3.63, 3.8) is 0 Å². The largest absolute Gasteiger partial charge is 0.371 e. The Morgan fingerprint density at radius 2 is 1.89 bits per heavy atom. The fourth-order valence-corrected chi connectivity index (χ4v) is 4.23. The summed E-state index contributed by atoms with van der Waals surface area (Å²) < 4.78 is 23.8. The highest BCUT2D eigenvalue weighted by Gasteiger charge is 2.21. The molecule has 0 aliphatic carbocycles. The molecule has 150 valence electrons. The lowest BCUT2D eigenvalue weighted by molar-refractivity contribution is -0.385. The number of pyridine rings is 1. The van der Waals surface area contributed by atoms with Gasteiger partial charge >= 0.3 is 0 Å². The van der Waals surface area contributed by atoms with Gasteiger partial charge in [-0.2, -0.15) is 0 Å². The Bertz CT molecular complexity index is 952. The molecule has 8 nitrogen and oxygen atoms in total. The number of aromatic nitrogens is 1. The zero-order valence-corrected chi connectivity index (χ0v) is 16.8. The van der Waals surface area contributed by atoms with Crippen molar-refractivity contribution in [3.8, 4) is 0 Å². The first-order valence-electron chi connectivity index (χ1n) is 9.25. The molecule has 9 heteroatoms. The minimum atomic E-state index is -3.18. The first-order chi connectivity index (χ1) is 13.3. The average Bonchev–Trinajstić information content (AvgIpc) is 2.68. The van der Waals surface area contributed by atoms with E-state index >= 15 is 0 Å². The predicted octanol–water partition coefficient (Wildman–Crippen LogP) is 3.17. The lowest BCUT2D eigenvalue weighted by Crippen LogP contribution is -2.39. The van der Waals surface area contributed by atoms with E-state index < -0.39 is 14.8 Å². The number of hydrogen-bond donors (Lipinski definition) is 1. The Hall–Kier alpha value is -2.68. The van der Waals surface area contributed by atoms with E-state index in [1.807, 2.05) is 12.1 Å². The minimum Gasteiger partial charge on any atom is -0.371 e. The second-order valence-corrected chi connectivity index (χ2v) is 9.19. The smallest absolute Gasteiger partial charge is 0.290 e. The van der Waals surface area contributed by atoms with Gasteiger partial charge in [-0.15, -0.1) is 0 Å². The molecule has 1 fully saturated rings. The maximum atomic E-state index is 11.9. The summed E-state index contributed by atoms with van der Waals surface area (Å²) in [6.07, 6.45) is 3.08. The number of hydrogen-bond acceptors (Lipinski definition) is 7. The fourth-order valence-electron chi connectivity index (χ4n) is 3.34. The van der Waals surface area contributed by atoms with Gasteiger partial charge in [-0.3, -0.25) is 10.1 Å². The van der Waals surface area contributed by atoms with Crippen molar-refractivity contribution in [1.82, 2.24) is 4.98 Å². The van der Waals surface area contributed by atoms with Gasteiger partial charge in [0.1, 0.15) is 12.0 Å². The second kappa shape index (κ2) is 8.14. The van der Waals surface area contributed by atoms with Crippen LogP contribution in [0.1, 0.15) is 25.3 Å². The Morgan fingerprint density at radius 3 is 2.43 bits per heavy atom. The molecule has 28 heavy (non-hydrogen) atoms. The Balaban J connectivity index is 1.59. The molecule has 0 unspecified atom stereocenters. The van der Waals surface area contributed by atoms with E-state index in [4.69, 9.17) is 0 Å². The Labute approximate surface area is 164 Å². The summed E-state index contributed by atoms with van der Waals surface area (Å²) in [6.45, 7) is 5.02. The average molecular weight is 404 g/mol. The molecular weight excluding hydrogens is 380 g/mol. The molecule has 1 aliphatic rings. The summed E-state index contributed by atoms with van der Waals surface area (Å²) >= 11 is 0. The van der Waals surface area contributed by atoms with Crippen LogP contribution in [0.4, 0.5) is 17.2 Å². The maximum Gasteiger partial charge on any atom is 0.290 e. The molecule has 2 heterocycles. The predicted molar refractivity (Wildman–Crippen MR) is 109 cm³/mol. The molecule has 0 bridgehead atoms. The summed E-state index contributed by atoms with van der Waals surface area (Å²) in [5.74, 6) is 0.746. The third-order valence-corrected chi connectivity index (χ3v) is 6.82. The van der Waals surface area contributed by atoms with Gasteiger partial charge < -0.3 is 10.2 Å². The number of aryl methyl sites for hydroxylation is 1. The van der Waals surface area contributed by atoms with E-state index in [-0.39, 0.29) is 17.5 Å². The van der Waals surface area contributed by atoms with Gasteiger partial charge in [0.05, 0.1) is 15.6 Å². The van der Waals surface area contributed by atoms with Crippen LogP contribution < -0.4 is 10.2 Å². The SMILES string of the molecule is CCS(=O)(=O)c1ccc(N2CCC(Nc3cc(C)c([N+](=O)[O-])cn3)CC2)cc1. The van der Waals surface area contributed by atoms with Gasteiger partial charge in [-0.25, -0.2) is 13.4 Å². The number of rotatable bonds is 6. The number of sulfone groups is 1. The van der Waals surface area contributed by atoms with Crippen molar-refractivity contribution in [1.29, 1.82) is 0 Å². The molecule has 1 aromatic carbocycles. The molecule has 0 atom stereocenters. The highest BCUT2D eigenvalue weighted by molar-refractivity contribution is 7.91. The van der Waals surface area contributed by atoms with Crippen LogP contribution in [0.3, 0.4) is 0 Å². The lowest BCUT2D eigenvalue weighted by atomic mass is 10.0. The van der Waals surface area contributed by atoms with Crippen LogP contribution in [0, 0.1) is 17.0 Å². The molecule has 1 saturated heterocycles. The molecule has 2 aromatic rings. The summed E-state index contributed by atoms with van der Waals surface area (Å²) in [7, 11) is -3.18.